The van der Waals surface area contributed by atoms with E-state index in [0.29, 0.717) is 24.9 Å². The molecule has 1 fully saturated rings. The highest BCUT2D eigenvalue weighted by Gasteiger charge is 2.30. The molecule has 1 heterocycles. The zero-order chi connectivity index (χ0) is 19.0. The number of nitrogens with zero attached hydrogens (tertiary/aromatic N) is 2. The van der Waals surface area contributed by atoms with Gasteiger partial charge in [0.15, 0.2) is 5.96 Å². The van der Waals surface area contributed by atoms with E-state index in [1.54, 1.807) is 7.05 Å². The van der Waals surface area contributed by atoms with Crippen molar-refractivity contribution >= 4 is 16.0 Å². The third-order valence-electron chi connectivity index (χ3n) is 5.00. The molecule has 1 saturated heterocycles. The van der Waals surface area contributed by atoms with Crippen molar-refractivity contribution < 1.29 is 8.42 Å². The minimum atomic E-state index is -3.11. The Morgan fingerprint density at radius 3 is 2.62 bits per heavy atom. The summed E-state index contributed by atoms with van der Waals surface area (Å²) in [4.78, 5) is 6.75. The first-order chi connectivity index (χ1) is 12.4. The van der Waals surface area contributed by atoms with Crippen LogP contribution in [0.5, 0.6) is 0 Å². The first-order valence-corrected chi connectivity index (χ1v) is 11.3. The summed E-state index contributed by atoms with van der Waals surface area (Å²) in [6, 6.07) is 10.8. The van der Waals surface area contributed by atoms with Crippen LogP contribution in [0.3, 0.4) is 0 Å². The van der Waals surface area contributed by atoms with Crippen molar-refractivity contribution in [2.45, 2.75) is 32.1 Å². The molecular weight excluding hydrogens is 348 g/mol. The summed E-state index contributed by atoms with van der Waals surface area (Å²) in [5, 5.41) is 3.37. The second kappa shape index (κ2) is 9.92. The Kier molecular flexibility index (Phi) is 7.90. The van der Waals surface area contributed by atoms with Crippen molar-refractivity contribution in [2.24, 2.45) is 10.9 Å². The number of hydrogen-bond acceptors (Lipinski definition) is 3. The monoisotopic (exact) mass is 380 g/mol. The standard InChI is InChI=1S/C19H32N4O2S/c1-4-16-15-23(14-11-18(16)17-9-6-5-7-10-17)19(20-2)21-12-8-13-22-26(3,24)25/h5-7,9-10,16,18,22H,4,8,11-15H2,1-3H3,(H,20,21). The molecule has 6 nitrogen and oxygen atoms in total. The van der Waals surface area contributed by atoms with Crippen LogP contribution in [0.2, 0.25) is 0 Å². The van der Waals surface area contributed by atoms with Gasteiger partial charge in [0.2, 0.25) is 10.0 Å². The van der Waals surface area contributed by atoms with Gasteiger partial charge < -0.3 is 10.2 Å². The summed E-state index contributed by atoms with van der Waals surface area (Å²) in [5.74, 6) is 2.13. The van der Waals surface area contributed by atoms with Gasteiger partial charge in [-0.1, -0.05) is 43.7 Å². The van der Waals surface area contributed by atoms with E-state index in [-0.39, 0.29) is 0 Å². The van der Waals surface area contributed by atoms with Crippen LogP contribution in [-0.2, 0) is 10.0 Å². The van der Waals surface area contributed by atoms with E-state index >= 15 is 0 Å². The third-order valence-corrected chi connectivity index (χ3v) is 5.73. The third kappa shape index (κ3) is 6.29. The Morgan fingerprint density at radius 1 is 1.27 bits per heavy atom. The Morgan fingerprint density at radius 2 is 2.00 bits per heavy atom. The second-order valence-electron chi connectivity index (χ2n) is 6.91. The first-order valence-electron chi connectivity index (χ1n) is 9.39. The predicted molar refractivity (Wildman–Crippen MR) is 108 cm³/mol. The van der Waals surface area contributed by atoms with E-state index < -0.39 is 10.0 Å². The lowest BCUT2D eigenvalue weighted by Gasteiger charge is -2.40. The van der Waals surface area contributed by atoms with Gasteiger partial charge in [-0.2, -0.15) is 0 Å². The number of rotatable bonds is 7. The quantitative estimate of drug-likeness (QED) is 0.431. The predicted octanol–water partition coefficient (Wildman–Crippen LogP) is 2.02. The number of piperidine rings is 1. The van der Waals surface area contributed by atoms with Crippen molar-refractivity contribution in [1.29, 1.82) is 0 Å². The highest BCUT2D eigenvalue weighted by molar-refractivity contribution is 7.88. The summed E-state index contributed by atoms with van der Waals surface area (Å²) in [6.45, 7) is 5.38. The average Bonchev–Trinajstić information content (AvgIpc) is 2.64. The number of hydrogen-bond donors (Lipinski definition) is 2. The van der Waals surface area contributed by atoms with Gasteiger partial charge in [0.25, 0.3) is 0 Å². The van der Waals surface area contributed by atoms with Gasteiger partial charge in [-0.15, -0.1) is 0 Å². The lowest BCUT2D eigenvalue weighted by molar-refractivity contribution is 0.215. The Hall–Kier alpha value is -1.60. The van der Waals surface area contributed by atoms with E-state index in [1.165, 1.54) is 11.8 Å². The Bertz CT molecular complexity index is 676. The summed E-state index contributed by atoms with van der Waals surface area (Å²) in [6.07, 6.45) is 4.18. The molecule has 0 aromatic heterocycles. The van der Waals surface area contributed by atoms with Crippen molar-refractivity contribution in [3.8, 4) is 0 Å². The van der Waals surface area contributed by atoms with Crippen molar-refractivity contribution in [1.82, 2.24) is 14.9 Å². The number of guanidine groups is 1. The number of aliphatic imine (C=N–C) groups is 1. The highest BCUT2D eigenvalue weighted by Crippen LogP contribution is 2.34. The lowest BCUT2D eigenvalue weighted by Crippen LogP contribution is -2.48. The van der Waals surface area contributed by atoms with Gasteiger partial charge in [-0.05, 0) is 30.2 Å². The normalized spacial score (nSPS) is 21.7. The molecule has 26 heavy (non-hydrogen) atoms. The summed E-state index contributed by atoms with van der Waals surface area (Å²) in [7, 11) is -1.31. The Labute approximate surface area is 158 Å². The van der Waals surface area contributed by atoms with Crippen LogP contribution in [0.1, 0.15) is 37.7 Å². The van der Waals surface area contributed by atoms with Gasteiger partial charge in [-0.3, -0.25) is 4.99 Å². The van der Waals surface area contributed by atoms with Gasteiger partial charge >= 0.3 is 0 Å². The van der Waals surface area contributed by atoms with Crippen LogP contribution in [0.15, 0.2) is 35.3 Å². The van der Waals surface area contributed by atoms with Crippen molar-refractivity contribution in [3.05, 3.63) is 35.9 Å². The molecule has 1 aliphatic rings. The molecule has 146 valence electrons. The zero-order valence-electron chi connectivity index (χ0n) is 16.1. The molecule has 0 saturated carbocycles. The van der Waals surface area contributed by atoms with Crippen LogP contribution in [0.25, 0.3) is 0 Å². The fraction of sp³-hybridized carbons (Fsp3) is 0.632. The molecule has 0 bridgehead atoms. The van der Waals surface area contributed by atoms with E-state index in [9.17, 15) is 8.42 Å². The molecule has 0 spiro atoms. The Balaban J connectivity index is 1.86. The fourth-order valence-electron chi connectivity index (χ4n) is 3.66. The maximum atomic E-state index is 11.1. The van der Waals surface area contributed by atoms with Gasteiger partial charge in [0.1, 0.15) is 0 Å². The molecule has 1 aromatic carbocycles. The molecule has 1 aliphatic heterocycles. The number of benzene rings is 1. The molecule has 2 rings (SSSR count). The molecule has 0 aliphatic carbocycles. The molecule has 2 atom stereocenters. The summed E-state index contributed by atoms with van der Waals surface area (Å²) >= 11 is 0. The smallest absolute Gasteiger partial charge is 0.208 e. The molecule has 1 aromatic rings. The van der Waals surface area contributed by atoms with Crippen LogP contribution in [0.4, 0.5) is 0 Å². The maximum Gasteiger partial charge on any atom is 0.208 e. The summed E-state index contributed by atoms with van der Waals surface area (Å²) < 4.78 is 24.7. The van der Waals surface area contributed by atoms with Crippen LogP contribution in [0, 0.1) is 5.92 Å². The van der Waals surface area contributed by atoms with Crippen molar-refractivity contribution in [3.63, 3.8) is 0 Å². The molecular formula is C19H32N4O2S. The largest absolute Gasteiger partial charge is 0.356 e. The van der Waals surface area contributed by atoms with E-state index in [1.807, 2.05) is 0 Å². The highest BCUT2D eigenvalue weighted by atomic mass is 32.2. The number of sulfonamides is 1. The van der Waals surface area contributed by atoms with Gasteiger partial charge in [0.05, 0.1) is 6.26 Å². The van der Waals surface area contributed by atoms with Gasteiger partial charge in [0, 0.05) is 33.2 Å². The van der Waals surface area contributed by atoms with Crippen LogP contribution >= 0.6 is 0 Å². The molecule has 0 amide bonds. The summed E-state index contributed by atoms with van der Waals surface area (Å²) in [5.41, 5.74) is 1.44. The second-order valence-corrected chi connectivity index (χ2v) is 8.75. The fourth-order valence-corrected chi connectivity index (χ4v) is 4.17. The zero-order valence-corrected chi connectivity index (χ0v) is 16.9. The van der Waals surface area contributed by atoms with Crippen molar-refractivity contribution in [2.75, 3.05) is 39.5 Å². The van der Waals surface area contributed by atoms with Crippen LogP contribution in [-0.4, -0.2) is 58.8 Å². The average molecular weight is 381 g/mol. The minimum absolute atomic E-state index is 0.441. The first kappa shape index (κ1) is 20.7. The minimum Gasteiger partial charge on any atom is -0.356 e. The molecule has 2 unspecified atom stereocenters. The lowest BCUT2D eigenvalue weighted by atomic mass is 9.79. The van der Waals surface area contributed by atoms with E-state index in [4.69, 9.17) is 0 Å². The topological polar surface area (TPSA) is 73.8 Å². The number of nitrogens with one attached hydrogen (secondary N) is 2. The van der Waals surface area contributed by atoms with Crippen LogP contribution < -0.4 is 10.0 Å². The van der Waals surface area contributed by atoms with E-state index in [0.717, 1.165) is 38.3 Å². The van der Waals surface area contributed by atoms with Gasteiger partial charge in [-0.25, -0.2) is 13.1 Å². The number of likely N-dealkylation sites (tertiary alicyclic amines) is 1. The maximum absolute atomic E-state index is 11.1. The molecule has 2 N–H and O–H groups in total. The SMILES string of the molecule is CCC1CN(C(=NC)NCCCNS(C)(=O)=O)CCC1c1ccccc1. The molecule has 7 heteroatoms. The molecule has 0 radical (unpaired) electrons. The van der Waals surface area contributed by atoms with E-state index in [2.05, 4.69) is 57.2 Å².